The van der Waals surface area contributed by atoms with Crippen LogP contribution in [0.25, 0.3) is 0 Å². The molecule has 4 heteroatoms. The lowest BCUT2D eigenvalue weighted by Crippen LogP contribution is -2.14. The Labute approximate surface area is 108 Å². The highest BCUT2D eigenvalue weighted by molar-refractivity contribution is 5.64. The van der Waals surface area contributed by atoms with Gasteiger partial charge in [0.1, 0.15) is 17.5 Å². The zero-order valence-electron chi connectivity index (χ0n) is 11.2. The van der Waals surface area contributed by atoms with Crippen molar-refractivity contribution in [1.29, 1.82) is 0 Å². The van der Waals surface area contributed by atoms with E-state index >= 15 is 0 Å². The normalized spacial score (nSPS) is 10.2. The molecule has 0 amide bonds. The first-order chi connectivity index (χ1) is 8.61. The van der Waals surface area contributed by atoms with Crippen molar-refractivity contribution in [3.05, 3.63) is 41.7 Å². The largest absolute Gasteiger partial charge is 0.373 e. The Morgan fingerprint density at radius 3 is 2.50 bits per heavy atom. The van der Waals surface area contributed by atoms with E-state index in [0.717, 1.165) is 23.1 Å². The van der Waals surface area contributed by atoms with Crippen molar-refractivity contribution in [1.82, 2.24) is 9.97 Å². The molecule has 94 valence electrons. The van der Waals surface area contributed by atoms with Crippen molar-refractivity contribution < 1.29 is 0 Å². The molecule has 0 aliphatic heterocycles. The van der Waals surface area contributed by atoms with Crippen molar-refractivity contribution in [3.63, 3.8) is 0 Å². The predicted octanol–water partition coefficient (Wildman–Crippen LogP) is 2.90. The molecular weight excluding hydrogens is 224 g/mol. The van der Waals surface area contributed by atoms with Crippen molar-refractivity contribution in [2.75, 3.05) is 24.3 Å². The highest BCUT2D eigenvalue weighted by Crippen LogP contribution is 2.26. The average molecular weight is 242 g/mol. The van der Waals surface area contributed by atoms with Gasteiger partial charge in [-0.1, -0.05) is 18.2 Å². The number of para-hydroxylation sites is 1. The Bertz CT molecular complexity index is 551. The summed E-state index contributed by atoms with van der Waals surface area (Å²) >= 11 is 0. The van der Waals surface area contributed by atoms with Gasteiger partial charge in [-0.3, -0.25) is 0 Å². The van der Waals surface area contributed by atoms with Gasteiger partial charge in [-0.25, -0.2) is 9.97 Å². The second-order valence-electron chi connectivity index (χ2n) is 4.25. The van der Waals surface area contributed by atoms with Gasteiger partial charge in [0.05, 0.1) is 0 Å². The van der Waals surface area contributed by atoms with Crippen LogP contribution in [-0.2, 0) is 0 Å². The molecule has 2 rings (SSSR count). The molecule has 0 saturated carbocycles. The Kier molecular flexibility index (Phi) is 3.46. The number of nitrogens with one attached hydrogen (secondary N) is 1. The number of aryl methyl sites for hydroxylation is 2. The second kappa shape index (κ2) is 5.04. The van der Waals surface area contributed by atoms with Gasteiger partial charge in [0, 0.05) is 25.8 Å². The molecule has 0 spiro atoms. The maximum absolute atomic E-state index is 4.47. The molecule has 2 aromatic rings. The maximum Gasteiger partial charge on any atom is 0.138 e. The summed E-state index contributed by atoms with van der Waals surface area (Å²) in [6.07, 6.45) is 0. The molecule has 0 radical (unpaired) electrons. The van der Waals surface area contributed by atoms with Gasteiger partial charge in [-0.2, -0.15) is 0 Å². The van der Waals surface area contributed by atoms with Crippen LogP contribution in [0, 0.1) is 13.8 Å². The lowest BCUT2D eigenvalue weighted by atomic mass is 10.2. The summed E-state index contributed by atoms with van der Waals surface area (Å²) in [5.74, 6) is 2.48. The molecular formula is C14H18N4. The molecule has 4 nitrogen and oxygen atoms in total. The van der Waals surface area contributed by atoms with Gasteiger partial charge in [0.25, 0.3) is 0 Å². The van der Waals surface area contributed by atoms with Gasteiger partial charge in [0.15, 0.2) is 0 Å². The van der Waals surface area contributed by atoms with Gasteiger partial charge in [0.2, 0.25) is 0 Å². The number of rotatable bonds is 3. The first-order valence-electron chi connectivity index (χ1n) is 5.94. The SMILES string of the molecule is CNc1cc(N(C)c2ccccc2C)nc(C)n1. The highest BCUT2D eigenvalue weighted by Gasteiger charge is 2.09. The van der Waals surface area contributed by atoms with Crippen LogP contribution < -0.4 is 10.2 Å². The first kappa shape index (κ1) is 12.4. The van der Waals surface area contributed by atoms with E-state index < -0.39 is 0 Å². The Morgan fingerprint density at radius 2 is 1.83 bits per heavy atom. The molecule has 0 aliphatic rings. The van der Waals surface area contributed by atoms with E-state index in [0.29, 0.717) is 0 Å². The van der Waals surface area contributed by atoms with E-state index in [1.807, 2.05) is 39.2 Å². The Hall–Kier alpha value is -2.10. The summed E-state index contributed by atoms with van der Waals surface area (Å²) in [4.78, 5) is 10.9. The van der Waals surface area contributed by atoms with Gasteiger partial charge in [-0.05, 0) is 25.5 Å². The molecule has 1 aromatic heterocycles. The maximum atomic E-state index is 4.47. The van der Waals surface area contributed by atoms with Gasteiger partial charge < -0.3 is 10.2 Å². The number of aromatic nitrogens is 2. The summed E-state index contributed by atoms with van der Waals surface area (Å²) in [5, 5.41) is 3.05. The zero-order valence-corrected chi connectivity index (χ0v) is 11.2. The Balaban J connectivity index is 2.43. The lowest BCUT2D eigenvalue weighted by Gasteiger charge is -2.21. The van der Waals surface area contributed by atoms with E-state index in [2.05, 4.69) is 39.2 Å². The van der Waals surface area contributed by atoms with Crippen molar-refractivity contribution in [3.8, 4) is 0 Å². The molecule has 0 atom stereocenters. The van der Waals surface area contributed by atoms with Crippen LogP contribution in [0.2, 0.25) is 0 Å². The number of benzene rings is 1. The molecule has 1 N–H and O–H groups in total. The third-order valence-electron chi connectivity index (χ3n) is 2.90. The number of anilines is 3. The fraction of sp³-hybridized carbons (Fsp3) is 0.286. The van der Waals surface area contributed by atoms with Crippen molar-refractivity contribution in [2.24, 2.45) is 0 Å². The average Bonchev–Trinajstić information content (AvgIpc) is 2.37. The van der Waals surface area contributed by atoms with E-state index in [1.165, 1.54) is 5.56 Å². The lowest BCUT2D eigenvalue weighted by molar-refractivity contribution is 1.01. The molecule has 0 aliphatic carbocycles. The minimum absolute atomic E-state index is 0.761. The molecule has 1 aromatic carbocycles. The Morgan fingerprint density at radius 1 is 1.11 bits per heavy atom. The third-order valence-corrected chi connectivity index (χ3v) is 2.90. The first-order valence-corrected chi connectivity index (χ1v) is 5.94. The fourth-order valence-electron chi connectivity index (χ4n) is 1.91. The highest BCUT2D eigenvalue weighted by atomic mass is 15.2. The quantitative estimate of drug-likeness (QED) is 0.898. The van der Waals surface area contributed by atoms with Gasteiger partial charge >= 0.3 is 0 Å². The zero-order chi connectivity index (χ0) is 13.1. The van der Waals surface area contributed by atoms with Crippen LogP contribution >= 0.6 is 0 Å². The molecule has 0 fully saturated rings. The number of nitrogens with zero attached hydrogens (tertiary/aromatic N) is 3. The van der Waals surface area contributed by atoms with E-state index in [1.54, 1.807) is 0 Å². The van der Waals surface area contributed by atoms with E-state index in [4.69, 9.17) is 0 Å². The van der Waals surface area contributed by atoms with Crippen molar-refractivity contribution in [2.45, 2.75) is 13.8 Å². The summed E-state index contributed by atoms with van der Waals surface area (Å²) in [7, 11) is 3.88. The summed E-state index contributed by atoms with van der Waals surface area (Å²) in [5.41, 5.74) is 2.37. The van der Waals surface area contributed by atoms with Crippen LogP contribution in [0.3, 0.4) is 0 Å². The molecule has 0 saturated heterocycles. The van der Waals surface area contributed by atoms with Crippen LogP contribution in [0.1, 0.15) is 11.4 Å². The number of hydrogen-bond acceptors (Lipinski definition) is 4. The van der Waals surface area contributed by atoms with Crippen LogP contribution in [0.15, 0.2) is 30.3 Å². The summed E-state index contributed by atoms with van der Waals surface area (Å²) in [6.45, 7) is 3.99. The minimum atomic E-state index is 0.761. The van der Waals surface area contributed by atoms with E-state index in [-0.39, 0.29) is 0 Å². The van der Waals surface area contributed by atoms with Gasteiger partial charge in [-0.15, -0.1) is 0 Å². The predicted molar refractivity (Wildman–Crippen MR) is 75.6 cm³/mol. The molecule has 1 heterocycles. The summed E-state index contributed by atoms with van der Waals surface area (Å²) < 4.78 is 0. The standard InChI is InChI=1S/C14H18N4/c1-10-7-5-6-8-12(10)18(4)14-9-13(15-3)16-11(2)17-14/h5-9H,1-4H3,(H,15,16,17). The molecule has 0 unspecified atom stereocenters. The smallest absolute Gasteiger partial charge is 0.138 e. The summed E-state index contributed by atoms with van der Waals surface area (Å²) in [6, 6.07) is 10.2. The fourth-order valence-corrected chi connectivity index (χ4v) is 1.91. The molecule has 18 heavy (non-hydrogen) atoms. The second-order valence-corrected chi connectivity index (χ2v) is 4.25. The number of hydrogen-bond donors (Lipinski definition) is 1. The topological polar surface area (TPSA) is 41.0 Å². The molecule has 0 bridgehead atoms. The van der Waals surface area contributed by atoms with E-state index in [9.17, 15) is 0 Å². The minimum Gasteiger partial charge on any atom is -0.373 e. The van der Waals surface area contributed by atoms with Crippen LogP contribution in [-0.4, -0.2) is 24.1 Å². The van der Waals surface area contributed by atoms with Crippen molar-refractivity contribution >= 4 is 17.3 Å². The monoisotopic (exact) mass is 242 g/mol. The third kappa shape index (κ3) is 2.42. The van der Waals surface area contributed by atoms with Crippen LogP contribution in [0.4, 0.5) is 17.3 Å². The van der Waals surface area contributed by atoms with Crippen LogP contribution in [0.5, 0.6) is 0 Å².